The molecule has 3 aromatic rings. The van der Waals surface area contributed by atoms with Crippen LogP contribution in [0.25, 0.3) is 22.2 Å². The molecule has 0 radical (unpaired) electrons. The molecule has 0 fully saturated rings. The Morgan fingerprint density at radius 2 is 1.78 bits per heavy atom. The van der Waals surface area contributed by atoms with Crippen LogP contribution < -0.4 is 0 Å². The van der Waals surface area contributed by atoms with Gasteiger partial charge in [0, 0.05) is 36.5 Å². The van der Waals surface area contributed by atoms with E-state index in [0.29, 0.717) is 6.20 Å². The van der Waals surface area contributed by atoms with Gasteiger partial charge in [-0.3, -0.25) is 0 Å². The largest absolute Gasteiger partial charge is 0.419 e. The van der Waals surface area contributed by atoms with Crippen LogP contribution in [0.4, 0.5) is 22.0 Å². The van der Waals surface area contributed by atoms with Gasteiger partial charge in [-0.25, -0.2) is 18.7 Å². The van der Waals surface area contributed by atoms with Crippen LogP contribution in [0.3, 0.4) is 0 Å². The molecule has 0 unspecified atom stereocenters. The first-order chi connectivity index (χ1) is 10.7. The average Bonchev–Trinajstić information content (AvgIpc) is 2.75. The highest BCUT2D eigenvalue weighted by atomic mass is 35.5. The summed E-state index contributed by atoms with van der Waals surface area (Å²) < 4.78 is 67.7. The summed E-state index contributed by atoms with van der Waals surface area (Å²) in [5.41, 5.74) is -1.40. The van der Waals surface area contributed by atoms with Crippen molar-refractivity contribution >= 4 is 22.5 Å². The van der Waals surface area contributed by atoms with Crippen molar-refractivity contribution in [1.82, 2.24) is 14.5 Å². The SMILES string of the molecule is Cn1cc(-c2nc(Cl)ncc2C(F)(F)F)c2cc(F)c(F)cc21. The van der Waals surface area contributed by atoms with Crippen LogP contribution in [0.15, 0.2) is 24.5 Å². The smallest absolute Gasteiger partial charge is 0.350 e. The fourth-order valence-electron chi connectivity index (χ4n) is 2.34. The van der Waals surface area contributed by atoms with E-state index in [1.807, 2.05) is 0 Å². The Hall–Kier alpha value is -2.22. The Morgan fingerprint density at radius 1 is 1.13 bits per heavy atom. The van der Waals surface area contributed by atoms with Gasteiger partial charge in [-0.05, 0) is 17.7 Å². The molecule has 3 rings (SSSR count). The van der Waals surface area contributed by atoms with E-state index in [4.69, 9.17) is 11.6 Å². The Morgan fingerprint density at radius 3 is 2.43 bits per heavy atom. The molecular formula is C14H7ClF5N3. The summed E-state index contributed by atoms with van der Waals surface area (Å²) in [7, 11) is 1.50. The van der Waals surface area contributed by atoms with Gasteiger partial charge in [0.05, 0.1) is 11.2 Å². The van der Waals surface area contributed by atoms with Gasteiger partial charge in [0.2, 0.25) is 5.28 Å². The molecule has 0 saturated carbocycles. The van der Waals surface area contributed by atoms with Crippen LogP contribution in [0, 0.1) is 11.6 Å². The predicted octanol–water partition coefficient (Wildman–Crippen LogP) is 4.59. The summed E-state index contributed by atoms with van der Waals surface area (Å²) in [5, 5.41) is -0.292. The molecule has 2 aromatic heterocycles. The molecule has 0 N–H and O–H groups in total. The molecule has 0 aliphatic heterocycles. The number of halogens is 6. The van der Waals surface area contributed by atoms with Gasteiger partial charge < -0.3 is 4.57 Å². The van der Waals surface area contributed by atoms with Crippen LogP contribution in [-0.4, -0.2) is 14.5 Å². The van der Waals surface area contributed by atoms with Crippen LogP contribution in [0.5, 0.6) is 0 Å². The van der Waals surface area contributed by atoms with Crippen molar-refractivity contribution in [3.8, 4) is 11.3 Å². The highest BCUT2D eigenvalue weighted by molar-refractivity contribution is 6.28. The van der Waals surface area contributed by atoms with Gasteiger partial charge in [0.15, 0.2) is 11.6 Å². The van der Waals surface area contributed by atoms with Crippen molar-refractivity contribution in [2.75, 3.05) is 0 Å². The number of aryl methyl sites for hydroxylation is 1. The van der Waals surface area contributed by atoms with Gasteiger partial charge in [-0.15, -0.1) is 0 Å². The molecule has 0 aliphatic rings. The van der Waals surface area contributed by atoms with E-state index >= 15 is 0 Å². The van der Waals surface area contributed by atoms with E-state index in [2.05, 4.69) is 9.97 Å². The zero-order valence-electron chi connectivity index (χ0n) is 11.4. The van der Waals surface area contributed by atoms with E-state index in [0.717, 1.165) is 12.1 Å². The highest BCUT2D eigenvalue weighted by Crippen LogP contribution is 2.39. The van der Waals surface area contributed by atoms with Crippen molar-refractivity contribution in [2.24, 2.45) is 7.05 Å². The average molecular weight is 348 g/mol. The molecule has 120 valence electrons. The number of aromatic nitrogens is 3. The maximum Gasteiger partial charge on any atom is 0.419 e. The minimum atomic E-state index is -4.72. The number of benzene rings is 1. The lowest BCUT2D eigenvalue weighted by atomic mass is 10.1. The molecule has 9 heteroatoms. The van der Waals surface area contributed by atoms with Gasteiger partial charge in [-0.1, -0.05) is 0 Å². The molecule has 0 amide bonds. The van der Waals surface area contributed by atoms with E-state index in [1.54, 1.807) is 0 Å². The second-order valence-electron chi connectivity index (χ2n) is 4.84. The quantitative estimate of drug-likeness (QED) is 0.476. The van der Waals surface area contributed by atoms with Gasteiger partial charge in [0.1, 0.15) is 5.56 Å². The molecule has 1 aromatic carbocycles. The number of alkyl halides is 3. The Balaban J connectivity index is 2.38. The highest BCUT2D eigenvalue weighted by Gasteiger charge is 2.36. The van der Waals surface area contributed by atoms with Crippen molar-refractivity contribution in [1.29, 1.82) is 0 Å². The zero-order valence-corrected chi connectivity index (χ0v) is 12.2. The minimum Gasteiger partial charge on any atom is -0.350 e. The summed E-state index contributed by atoms with van der Waals surface area (Å²) in [6.45, 7) is 0. The molecule has 0 aliphatic carbocycles. The first-order valence-electron chi connectivity index (χ1n) is 6.22. The van der Waals surface area contributed by atoms with Crippen LogP contribution in [-0.2, 0) is 13.2 Å². The van der Waals surface area contributed by atoms with Crippen LogP contribution in [0.2, 0.25) is 5.28 Å². The summed E-state index contributed by atoms with van der Waals surface area (Å²) in [4.78, 5) is 6.97. The predicted molar refractivity (Wildman–Crippen MR) is 73.9 cm³/mol. The fourth-order valence-corrected chi connectivity index (χ4v) is 2.47. The third kappa shape index (κ3) is 2.63. The lowest BCUT2D eigenvalue weighted by molar-refractivity contribution is -0.137. The van der Waals surface area contributed by atoms with E-state index in [1.165, 1.54) is 17.8 Å². The van der Waals surface area contributed by atoms with Crippen molar-refractivity contribution < 1.29 is 22.0 Å². The minimum absolute atomic E-state index is 0.0157. The van der Waals surface area contributed by atoms with E-state index in [-0.39, 0.29) is 21.7 Å². The number of rotatable bonds is 1. The summed E-state index contributed by atoms with van der Waals surface area (Å²) in [5.74, 6) is -2.26. The third-order valence-electron chi connectivity index (χ3n) is 3.35. The Labute approximate surface area is 131 Å². The van der Waals surface area contributed by atoms with Gasteiger partial charge in [0.25, 0.3) is 0 Å². The first-order valence-corrected chi connectivity index (χ1v) is 6.60. The molecule has 2 heterocycles. The molecule has 3 nitrogen and oxygen atoms in total. The lowest BCUT2D eigenvalue weighted by Gasteiger charge is -2.11. The maximum absolute atomic E-state index is 13.5. The third-order valence-corrected chi connectivity index (χ3v) is 3.53. The van der Waals surface area contributed by atoms with Crippen LogP contribution >= 0.6 is 11.6 Å². The topological polar surface area (TPSA) is 30.7 Å². The number of nitrogens with zero attached hydrogens (tertiary/aromatic N) is 3. The summed E-state index contributed by atoms with van der Waals surface area (Å²) in [6.07, 6.45) is -2.86. The number of hydrogen-bond donors (Lipinski definition) is 0. The van der Waals surface area contributed by atoms with Crippen molar-refractivity contribution in [2.45, 2.75) is 6.18 Å². The first kappa shape index (κ1) is 15.7. The van der Waals surface area contributed by atoms with Gasteiger partial charge in [-0.2, -0.15) is 13.2 Å². The second-order valence-corrected chi connectivity index (χ2v) is 5.17. The summed E-state index contributed by atoms with van der Waals surface area (Å²) in [6, 6.07) is 1.74. The summed E-state index contributed by atoms with van der Waals surface area (Å²) >= 11 is 5.60. The zero-order chi connectivity index (χ0) is 16.9. The Bertz CT molecular complexity index is 917. The van der Waals surface area contributed by atoms with E-state index < -0.39 is 29.1 Å². The monoisotopic (exact) mass is 347 g/mol. The maximum atomic E-state index is 13.5. The standard InChI is InChI=1S/C14H7ClF5N3/c1-23-5-7(6-2-9(16)10(17)3-11(6)23)12-8(14(18,19)20)4-21-13(15)22-12/h2-5H,1H3. The molecule has 0 bridgehead atoms. The normalized spacial score (nSPS) is 12.1. The van der Waals surface area contributed by atoms with Crippen molar-refractivity contribution in [3.63, 3.8) is 0 Å². The molecule has 0 atom stereocenters. The molecular weight excluding hydrogens is 341 g/mol. The molecule has 23 heavy (non-hydrogen) atoms. The number of hydrogen-bond acceptors (Lipinski definition) is 2. The molecule has 0 saturated heterocycles. The Kier molecular flexibility index (Phi) is 3.51. The van der Waals surface area contributed by atoms with E-state index in [9.17, 15) is 22.0 Å². The second kappa shape index (κ2) is 5.16. The number of fused-ring (bicyclic) bond motifs is 1. The van der Waals surface area contributed by atoms with Crippen molar-refractivity contribution in [3.05, 3.63) is 47.0 Å². The van der Waals surface area contributed by atoms with Crippen LogP contribution in [0.1, 0.15) is 5.56 Å². The van der Waals surface area contributed by atoms with Gasteiger partial charge >= 0.3 is 6.18 Å². The lowest BCUT2D eigenvalue weighted by Crippen LogP contribution is -2.09. The molecule has 0 spiro atoms. The fraction of sp³-hybridized carbons (Fsp3) is 0.143.